The molecule has 0 fully saturated rings. The third kappa shape index (κ3) is 18.1. The molecule has 24 rings (SSSR count). The first-order valence-electron chi connectivity index (χ1n) is 51.1. The second-order valence-corrected chi connectivity index (χ2v) is 38.2. The van der Waals surface area contributed by atoms with Crippen LogP contribution in [-0.4, -0.2) is 29.9 Å². The van der Waals surface area contributed by atoms with Crippen molar-refractivity contribution in [1.82, 2.24) is 29.9 Å². The molecule has 0 bridgehead atoms. The van der Waals surface area contributed by atoms with E-state index in [0.29, 0.717) is 51.3 Å². The quantitative estimate of drug-likeness (QED) is 0.118. The lowest BCUT2D eigenvalue weighted by Gasteiger charge is -2.09. The van der Waals surface area contributed by atoms with Crippen molar-refractivity contribution in [3.63, 3.8) is 0 Å². The largest absolute Gasteiger partial charge is 0.437 e. The summed E-state index contributed by atoms with van der Waals surface area (Å²) < 4.78 is 97.9. The molecule has 0 radical (unpaired) electrons. The van der Waals surface area contributed by atoms with E-state index in [1.54, 1.807) is 30.7 Å². The predicted molar refractivity (Wildman–Crippen MR) is 572 cm³/mol. The molecule has 708 valence electrons. The Bertz CT molecular complexity index is 9200. The minimum Gasteiger partial charge on any atom is -0.437 e. The molecule has 0 saturated heterocycles. The van der Waals surface area contributed by atoms with Gasteiger partial charge in [0.05, 0.1) is 33.4 Å². The zero-order valence-electron chi connectivity index (χ0n) is 91.0. The number of hydrogen-bond donors (Lipinski definition) is 0. The van der Waals surface area contributed by atoms with Gasteiger partial charge in [0, 0.05) is 181 Å². The molecule has 0 aliphatic carbocycles. The number of furan rings is 6. The molecule has 1 unspecified atom stereocenters. The third-order valence-electron chi connectivity index (χ3n) is 27.2. The van der Waals surface area contributed by atoms with E-state index in [-0.39, 0.29) is 0 Å². The van der Waals surface area contributed by atoms with Gasteiger partial charge in [-0.2, -0.15) is 0 Å². The molecule has 18 aromatic heterocycles. The highest BCUT2D eigenvalue weighted by molar-refractivity contribution is 6.14. The number of fused-ring (bicyclic) bond motifs is 18. The predicted octanol–water partition coefficient (Wildman–Crippen LogP) is 28.4. The van der Waals surface area contributed by atoms with Crippen molar-refractivity contribution >= 4 is 132 Å². The van der Waals surface area contributed by atoms with Crippen LogP contribution in [0.3, 0.4) is 0 Å². The van der Waals surface area contributed by atoms with Crippen molar-refractivity contribution in [3.8, 4) is 67.5 Å². The fourth-order valence-electron chi connectivity index (χ4n) is 19.2. The van der Waals surface area contributed by atoms with Gasteiger partial charge in [-0.15, -0.1) is 0 Å². The maximum atomic E-state index is 8.45. The molecule has 18 heteroatoms. The van der Waals surface area contributed by atoms with Crippen molar-refractivity contribution in [2.24, 2.45) is 42.3 Å². The highest BCUT2D eigenvalue weighted by Crippen LogP contribution is 2.45. The number of aryl methyl sites for hydroxylation is 16. The standard InChI is InChI=1S/2C22H23N2O.2C21H21N2O.2C19H17N2O/c2*1-13(2)16-10-11-24(5)19(12-16)20-14(3)6-8-17-18-9-7-15(4)23-22(18)25-21(17)20;2*1-13(2)15-9-11-23(4)18(12-15)19-14(3)7-8-16-17-6-5-10-22-21(17)24-20(16)19;2*1-12-7-9-14-15-10-8-13(2)20-19(15)22-18(14)17(12)16-6-4-5-11-21(16)3/h2*6-13H,1-5H3;2*5-13H,1-4H3;2*4-11H,1-3H3/q6*+1/i13D;;1D3,13D;13D;;. The zero-order chi connectivity index (χ0) is 105. The van der Waals surface area contributed by atoms with E-state index < -0.39 is 24.5 Å². The molecule has 0 aliphatic rings. The Morgan fingerprint density at radius 1 is 0.232 bits per heavy atom. The highest BCUT2D eigenvalue weighted by atomic mass is 16.4. The molecule has 18 heterocycles. The molecule has 1 atom stereocenters. The van der Waals surface area contributed by atoms with Gasteiger partial charge in [-0.05, 0) is 233 Å². The van der Waals surface area contributed by atoms with Crippen molar-refractivity contribution in [2.45, 2.75) is 148 Å². The van der Waals surface area contributed by atoms with Gasteiger partial charge < -0.3 is 26.5 Å². The lowest BCUT2D eigenvalue weighted by Crippen LogP contribution is -2.31. The van der Waals surface area contributed by atoms with E-state index in [2.05, 4.69) is 274 Å². The van der Waals surface area contributed by atoms with E-state index in [4.69, 9.17) is 34.7 Å². The Morgan fingerprint density at radius 2 is 0.465 bits per heavy atom. The summed E-state index contributed by atoms with van der Waals surface area (Å²) in [6.07, 6.45) is 15.5. The molecule has 0 aliphatic heterocycles. The van der Waals surface area contributed by atoms with E-state index in [1.807, 2.05) is 185 Å². The maximum absolute atomic E-state index is 8.45. The van der Waals surface area contributed by atoms with Gasteiger partial charge in [-0.1, -0.05) is 128 Å². The van der Waals surface area contributed by atoms with Gasteiger partial charge in [0.25, 0.3) is 0 Å². The lowest BCUT2D eigenvalue weighted by atomic mass is 9.97. The van der Waals surface area contributed by atoms with E-state index >= 15 is 0 Å². The van der Waals surface area contributed by atoms with Crippen LogP contribution in [0.2, 0.25) is 0 Å². The van der Waals surface area contributed by atoms with Gasteiger partial charge in [0.2, 0.25) is 68.4 Å². The van der Waals surface area contributed by atoms with Crippen LogP contribution < -0.4 is 27.4 Å². The van der Waals surface area contributed by atoms with Crippen molar-refractivity contribution in [1.29, 1.82) is 0 Å². The molecule has 0 amide bonds. The van der Waals surface area contributed by atoms with E-state index in [9.17, 15) is 0 Å². The average molecular weight is 1880 g/mol. The van der Waals surface area contributed by atoms with E-state index in [0.717, 1.165) is 205 Å². The number of aromatic nitrogens is 12. The summed E-state index contributed by atoms with van der Waals surface area (Å²) in [5.74, 6) is -2.54. The summed E-state index contributed by atoms with van der Waals surface area (Å²) >= 11 is 0. The molecule has 6 aromatic carbocycles. The first kappa shape index (κ1) is 87.4. The van der Waals surface area contributed by atoms with Gasteiger partial charge in [-0.25, -0.2) is 57.3 Å². The summed E-state index contributed by atoms with van der Waals surface area (Å²) in [7, 11) is 12.1. The van der Waals surface area contributed by atoms with Gasteiger partial charge in [-0.3, -0.25) is 0 Å². The zero-order valence-corrected chi connectivity index (χ0v) is 85.0. The first-order valence-corrected chi connectivity index (χ1v) is 48.1. The topological polar surface area (TPSA) is 179 Å². The maximum Gasteiger partial charge on any atom is 0.227 e. The Balaban J connectivity index is 0.000000112. The first-order chi connectivity index (χ1) is 70.5. The Kier molecular flexibility index (Phi) is 24.0. The van der Waals surface area contributed by atoms with Crippen LogP contribution in [0.15, 0.2) is 307 Å². The summed E-state index contributed by atoms with van der Waals surface area (Å²) in [5, 5.41) is 12.7. The number of benzene rings is 6. The average Bonchev–Trinajstić information content (AvgIpc) is 1.68. The SMILES string of the molecule is Cc1ccc2c(n1)oc1c(-c3cc(C(C)C)cc[n+]3C)c(C)ccc12.Cc1ccc2c(n1)oc1c(-c3cccc[n+]3C)c(C)ccc12.Cc1ccc2c(n1)oc1c(-c3cccc[n+]3C)c(C)ccc12.[2H]C(C)(C)c1cc[n+](C)c(-c2c(C)ccc3c2oc2nc(C)ccc23)c1.[2H]C(C)(C)c1cc[n+](C)c(-c2c(C)ccc3c2oc2ncccc23)c1.[2H]C([2H])([2H])C([2H])(C)c1cc[n+](C)c(-c2c(C)ccc3c2oc2ncccc23)c1. The Labute approximate surface area is 836 Å². The van der Waals surface area contributed by atoms with Crippen LogP contribution >= 0.6 is 0 Å². The van der Waals surface area contributed by atoms with Crippen LogP contribution in [0.25, 0.3) is 200 Å². The van der Waals surface area contributed by atoms with Gasteiger partial charge >= 0.3 is 0 Å². The monoisotopic (exact) mass is 1880 g/mol. The van der Waals surface area contributed by atoms with Crippen molar-refractivity contribution in [2.75, 3.05) is 0 Å². The Hall–Kier alpha value is -16.1. The van der Waals surface area contributed by atoms with Crippen LogP contribution in [-0.2, 0) is 42.3 Å². The number of nitrogens with zero attached hydrogens (tertiary/aromatic N) is 12. The minimum absolute atomic E-state index is 0.436. The fraction of sp³-hybridized carbons (Fsp3) is 0.226. The van der Waals surface area contributed by atoms with Crippen LogP contribution in [0, 0.1) is 69.2 Å². The molecule has 0 saturated carbocycles. The molecule has 142 heavy (non-hydrogen) atoms. The molecular weight excluding hydrogens is 1750 g/mol. The van der Waals surface area contributed by atoms with Gasteiger partial charge in [0.1, 0.15) is 42.3 Å². The van der Waals surface area contributed by atoms with Crippen LogP contribution in [0.4, 0.5) is 0 Å². The molecular formula is C124H122N12O6+6. The van der Waals surface area contributed by atoms with E-state index in [1.165, 1.54) is 34.9 Å². The summed E-state index contributed by atoms with van der Waals surface area (Å²) in [6.45, 7) is 31.6. The van der Waals surface area contributed by atoms with Crippen molar-refractivity contribution < 1.29 is 62.1 Å². The van der Waals surface area contributed by atoms with Crippen LogP contribution in [0.5, 0.6) is 0 Å². The lowest BCUT2D eigenvalue weighted by molar-refractivity contribution is -0.660. The van der Waals surface area contributed by atoms with Gasteiger partial charge in [0.15, 0.2) is 70.7 Å². The summed E-state index contributed by atoms with van der Waals surface area (Å²) in [6, 6.07) is 78.2. The molecule has 0 spiro atoms. The Morgan fingerprint density at radius 3 is 0.725 bits per heavy atom. The molecule has 0 N–H and O–H groups in total. The third-order valence-corrected chi connectivity index (χ3v) is 27.2. The van der Waals surface area contributed by atoms with Crippen LogP contribution in [0.1, 0.15) is 166 Å². The second kappa shape index (κ2) is 39.0. The molecule has 24 aromatic rings. The highest BCUT2D eigenvalue weighted by Gasteiger charge is 2.30. The van der Waals surface area contributed by atoms with Crippen molar-refractivity contribution in [3.05, 3.63) is 359 Å². The fourth-order valence-corrected chi connectivity index (χ4v) is 19.2. The summed E-state index contributed by atoms with van der Waals surface area (Å²) in [4.78, 5) is 26.9. The summed E-state index contributed by atoms with van der Waals surface area (Å²) in [5.41, 5.74) is 36.4. The normalized spacial score (nSPS) is 12.9. The number of rotatable bonds is 10. The number of pyridine rings is 12. The number of hydrogen-bond acceptors (Lipinski definition) is 12. The second-order valence-electron chi connectivity index (χ2n) is 38.2. The minimum atomic E-state index is -2.44. The molecule has 18 nitrogen and oxygen atoms in total. The smallest absolute Gasteiger partial charge is 0.227 e.